The van der Waals surface area contributed by atoms with Gasteiger partial charge in [0, 0.05) is 18.7 Å². The zero-order chi connectivity index (χ0) is 22.0. The lowest BCUT2D eigenvalue weighted by atomic mass is 9.98. The lowest BCUT2D eigenvalue weighted by molar-refractivity contribution is 0.0734. The number of fused-ring (bicyclic) bond motifs is 1. The Hall–Kier alpha value is -3.03. The number of carbonyl (C=O) groups is 2. The second-order valence-electron chi connectivity index (χ2n) is 7.08. The van der Waals surface area contributed by atoms with Crippen LogP contribution in [0.25, 0.3) is 0 Å². The van der Waals surface area contributed by atoms with Crippen LogP contribution in [-0.4, -0.2) is 37.5 Å². The van der Waals surface area contributed by atoms with Crippen molar-refractivity contribution in [2.45, 2.75) is 13.0 Å². The van der Waals surface area contributed by atoms with E-state index < -0.39 is 0 Å². The first-order chi connectivity index (χ1) is 15.0. The predicted molar refractivity (Wildman–Crippen MR) is 122 cm³/mol. The molecule has 0 unspecified atom stereocenters. The summed E-state index contributed by atoms with van der Waals surface area (Å²) in [6.07, 6.45) is 0.719. The molecule has 0 aliphatic carbocycles. The lowest BCUT2D eigenvalue weighted by Gasteiger charge is -2.30. The highest BCUT2D eigenvalue weighted by molar-refractivity contribution is 7.12. The standard InChI is InChI=1S/C23H21ClN2O4S/c1-29-19-11-14-7-8-26(13-16(14)12-20(19)30-2)23(28)15-5-6-17(24)18(10-15)25-22(27)21-4-3-9-31-21/h3-6,9-12H,7-8,13H2,1-2H3,(H,25,27). The number of hydrogen-bond donors (Lipinski definition) is 1. The molecule has 2 amide bonds. The van der Waals surface area contributed by atoms with Gasteiger partial charge >= 0.3 is 0 Å². The summed E-state index contributed by atoms with van der Waals surface area (Å²) in [6, 6.07) is 12.4. The minimum Gasteiger partial charge on any atom is -0.493 e. The number of carbonyl (C=O) groups excluding carboxylic acids is 2. The molecule has 2 aromatic carbocycles. The van der Waals surface area contributed by atoms with E-state index in [1.807, 2.05) is 17.5 Å². The number of amides is 2. The monoisotopic (exact) mass is 456 g/mol. The Bertz CT molecular complexity index is 1130. The van der Waals surface area contributed by atoms with E-state index in [9.17, 15) is 9.59 Å². The Morgan fingerprint density at radius 2 is 1.81 bits per heavy atom. The molecule has 0 saturated heterocycles. The number of halogens is 1. The van der Waals surface area contributed by atoms with Crippen LogP contribution in [-0.2, 0) is 13.0 Å². The van der Waals surface area contributed by atoms with Gasteiger partial charge in [0.1, 0.15) is 0 Å². The van der Waals surface area contributed by atoms with Crippen LogP contribution in [0.1, 0.15) is 31.2 Å². The molecule has 1 aromatic heterocycles. The smallest absolute Gasteiger partial charge is 0.265 e. The molecule has 1 N–H and O–H groups in total. The molecule has 160 valence electrons. The van der Waals surface area contributed by atoms with Crippen LogP contribution < -0.4 is 14.8 Å². The van der Waals surface area contributed by atoms with E-state index in [0.717, 1.165) is 17.5 Å². The number of anilines is 1. The van der Waals surface area contributed by atoms with E-state index in [-0.39, 0.29) is 11.8 Å². The van der Waals surface area contributed by atoms with Gasteiger partial charge in [-0.3, -0.25) is 9.59 Å². The Morgan fingerprint density at radius 3 is 2.48 bits per heavy atom. The van der Waals surface area contributed by atoms with Gasteiger partial charge in [-0.2, -0.15) is 0 Å². The summed E-state index contributed by atoms with van der Waals surface area (Å²) >= 11 is 7.60. The van der Waals surface area contributed by atoms with Crippen LogP contribution in [0.3, 0.4) is 0 Å². The number of methoxy groups -OCH3 is 2. The van der Waals surface area contributed by atoms with Crippen LogP contribution in [0.4, 0.5) is 5.69 Å². The van der Waals surface area contributed by atoms with Crippen molar-refractivity contribution in [2.24, 2.45) is 0 Å². The van der Waals surface area contributed by atoms with Gasteiger partial charge in [-0.15, -0.1) is 11.3 Å². The summed E-state index contributed by atoms with van der Waals surface area (Å²) in [5.74, 6) is 0.948. The molecule has 2 heterocycles. The second-order valence-corrected chi connectivity index (χ2v) is 8.43. The SMILES string of the molecule is COc1cc2c(cc1OC)CN(C(=O)c1ccc(Cl)c(NC(=O)c3cccs3)c1)CC2. The van der Waals surface area contributed by atoms with Crippen molar-refractivity contribution in [1.82, 2.24) is 4.90 Å². The summed E-state index contributed by atoms with van der Waals surface area (Å²) in [5.41, 5.74) is 3.05. The van der Waals surface area contributed by atoms with Crippen molar-refractivity contribution in [3.05, 3.63) is 74.4 Å². The molecule has 1 aliphatic heterocycles. The number of nitrogens with zero attached hydrogens (tertiary/aromatic N) is 1. The Balaban J connectivity index is 1.54. The summed E-state index contributed by atoms with van der Waals surface area (Å²) in [4.78, 5) is 27.9. The fourth-order valence-corrected chi connectivity index (χ4v) is 4.37. The van der Waals surface area contributed by atoms with Gasteiger partial charge in [-0.1, -0.05) is 17.7 Å². The highest BCUT2D eigenvalue weighted by atomic mass is 35.5. The number of rotatable bonds is 5. The van der Waals surface area contributed by atoms with Crippen molar-refractivity contribution >= 4 is 40.4 Å². The largest absolute Gasteiger partial charge is 0.493 e. The van der Waals surface area contributed by atoms with Crippen LogP contribution in [0.15, 0.2) is 47.8 Å². The molecule has 8 heteroatoms. The third kappa shape index (κ3) is 4.38. The first-order valence-corrected chi connectivity index (χ1v) is 10.9. The van der Waals surface area contributed by atoms with Gasteiger partial charge in [0.2, 0.25) is 0 Å². The average Bonchev–Trinajstić information content (AvgIpc) is 3.34. The minimum absolute atomic E-state index is 0.122. The van der Waals surface area contributed by atoms with Gasteiger partial charge in [0.25, 0.3) is 11.8 Å². The van der Waals surface area contributed by atoms with Crippen molar-refractivity contribution in [3.63, 3.8) is 0 Å². The maximum atomic E-state index is 13.2. The first kappa shape index (κ1) is 21.2. The quantitative estimate of drug-likeness (QED) is 0.594. The highest BCUT2D eigenvalue weighted by Crippen LogP contribution is 2.34. The maximum absolute atomic E-state index is 13.2. The van der Waals surface area contributed by atoms with Crippen molar-refractivity contribution in [3.8, 4) is 11.5 Å². The predicted octanol–water partition coefficient (Wildman–Crippen LogP) is 4.87. The Morgan fingerprint density at radius 1 is 1.06 bits per heavy atom. The van der Waals surface area contributed by atoms with E-state index >= 15 is 0 Å². The molecule has 0 radical (unpaired) electrons. The molecule has 0 spiro atoms. The molecule has 4 rings (SSSR count). The van der Waals surface area contributed by atoms with E-state index in [4.69, 9.17) is 21.1 Å². The number of nitrogens with one attached hydrogen (secondary N) is 1. The van der Waals surface area contributed by atoms with Crippen molar-refractivity contribution in [2.75, 3.05) is 26.1 Å². The molecule has 0 fully saturated rings. The molecule has 1 aliphatic rings. The Labute approximate surface area is 189 Å². The number of benzene rings is 2. The zero-order valence-electron chi connectivity index (χ0n) is 17.1. The van der Waals surface area contributed by atoms with Crippen LogP contribution in [0.5, 0.6) is 11.5 Å². The van der Waals surface area contributed by atoms with Gasteiger partial charge < -0.3 is 19.7 Å². The lowest BCUT2D eigenvalue weighted by Crippen LogP contribution is -2.36. The molecule has 0 bridgehead atoms. The van der Waals surface area contributed by atoms with Gasteiger partial charge in [-0.05, 0) is 59.3 Å². The minimum atomic E-state index is -0.255. The van der Waals surface area contributed by atoms with Crippen LogP contribution in [0.2, 0.25) is 5.02 Å². The van der Waals surface area contributed by atoms with Gasteiger partial charge in [0.05, 0.1) is 29.8 Å². The summed E-state index contributed by atoms with van der Waals surface area (Å²) in [6.45, 7) is 1.05. The van der Waals surface area contributed by atoms with Crippen molar-refractivity contribution < 1.29 is 19.1 Å². The maximum Gasteiger partial charge on any atom is 0.265 e. The molecule has 0 saturated carbocycles. The number of ether oxygens (including phenoxy) is 2. The zero-order valence-corrected chi connectivity index (χ0v) is 18.7. The summed E-state index contributed by atoms with van der Waals surface area (Å²) in [7, 11) is 3.20. The molecule has 3 aromatic rings. The molecule has 31 heavy (non-hydrogen) atoms. The third-order valence-corrected chi connectivity index (χ3v) is 6.41. The number of hydrogen-bond acceptors (Lipinski definition) is 5. The van der Waals surface area contributed by atoms with Crippen molar-refractivity contribution in [1.29, 1.82) is 0 Å². The topological polar surface area (TPSA) is 67.9 Å². The normalized spacial score (nSPS) is 12.8. The fraction of sp³-hybridized carbons (Fsp3) is 0.217. The molecular formula is C23H21ClN2O4S. The first-order valence-electron chi connectivity index (χ1n) is 9.67. The third-order valence-electron chi connectivity index (χ3n) is 5.21. The van der Waals surface area contributed by atoms with Crippen LogP contribution >= 0.6 is 22.9 Å². The Kier molecular flexibility index (Phi) is 6.15. The molecule has 6 nitrogen and oxygen atoms in total. The molecule has 0 atom stereocenters. The van der Waals surface area contributed by atoms with E-state index in [0.29, 0.717) is 45.7 Å². The van der Waals surface area contributed by atoms with E-state index in [1.54, 1.807) is 49.5 Å². The fourth-order valence-electron chi connectivity index (χ4n) is 3.58. The van der Waals surface area contributed by atoms with Gasteiger partial charge in [0.15, 0.2) is 11.5 Å². The highest BCUT2D eigenvalue weighted by Gasteiger charge is 2.24. The second kappa shape index (κ2) is 8.99. The summed E-state index contributed by atoms with van der Waals surface area (Å²) < 4.78 is 10.8. The van der Waals surface area contributed by atoms with E-state index in [2.05, 4.69) is 5.32 Å². The average molecular weight is 457 g/mol. The number of thiophene rings is 1. The van der Waals surface area contributed by atoms with Crippen LogP contribution in [0, 0.1) is 0 Å². The van der Waals surface area contributed by atoms with Gasteiger partial charge in [-0.25, -0.2) is 0 Å². The molecular weight excluding hydrogens is 436 g/mol. The van der Waals surface area contributed by atoms with E-state index in [1.165, 1.54) is 11.3 Å². The summed E-state index contributed by atoms with van der Waals surface area (Å²) in [5, 5.41) is 5.00.